The highest BCUT2D eigenvalue weighted by atomic mass is 127. The first kappa shape index (κ1) is 26.5. The maximum atomic E-state index is 11.6. The number of guanidine groups is 1. The molecule has 0 unspecified atom stereocenters. The van der Waals surface area contributed by atoms with Crippen LogP contribution in [0.15, 0.2) is 17.4 Å². The fraction of sp³-hybridized carbons (Fsp3) is 0.737. The molecule has 8 nitrogen and oxygen atoms in total. The molecule has 0 aliphatic carbocycles. The molecule has 1 aromatic rings. The fourth-order valence-corrected chi connectivity index (χ4v) is 2.34. The number of carbonyl (C=O) groups excluding carboxylic acids is 1. The third-order valence-electron chi connectivity index (χ3n) is 3.40. The normalized spacial score (nSPS) is 11.8. The van der Waals surface area contributed by atoms with E-state index in [0.29, 0.717) is 25.6 Å². The highest BCUT2D eigenvalue weighted by Crippen LogP contribution is 2.06. The Hall–Kier alpha value is -1.52. The van der Waals surface area contributed by atoms with E-state index >= 15 is 0 Å². The third kappa shape index (κ3) is 12.0. The zero-order valence-corrected chi connectivity index (χ0v) is 20.4. The predicted octanol–water partition coefficient (Wildman–Crippen LogP) is 3.13. The number of imidazole rings is 1. The summed E-state index contributed by atoms with van der Waals surface area (Å²) in [5.41, 5.74) is -0.478. The van der Waals surface area contributed by atoms with Gasteiger partial charge in [-0.2, -0.15) is 0 Å². The summed E-state index contributed by atoms with van der Waals surface area (Å²) in [4.78, 5) is 20.6. The number of halogens is 1. The summed E-state index contributed by atoms with van der Waals surface area (Å²) in [6, 6.07) is 0. The zero-order chi connectivity index (χ0) is 20.3. The number of nitrogens with one attached hydrogen (secondary N) is 3. The van der Waals surface area contributed by atoms with Gasteiger partial charge in [0.2, 0.25) is 0 Å². The van der Waals surface area contributed by atoms with E-state index < -0.39 is 5.60 Å². The smallest absolute Gasteiger partial charge is 0.407 e. The van der Waals surface area contributed by atoms with E-state index in [1.165, 1.54) is 0 Å². The second-order valence-electron chi connectivity index (χ2n) is 7.79. The maximum absolute atomic E-state index is 11.6. The number of alkyl carbamates (subject to hydrolysis) is 1. The molecule has 1 heterocycles. The zero-order valence-electron chi connectivity index (χ0n) is 18.0. The predicted molar refractivity (Wildman–Crippen MR) is 124 cm³/mol. The van der Waals surface area contributed by atoms with Crippen molar-refractivity contribution in [2.75, 3.05) is 19.6 Å². The Bertz CT molecular complexity index is 595. The Labute approximate surface area is 186 Å². The van der Waals surface area contributed by atoms with Crippen molar-refractivity contribution < 1.29 is 9.53 Å². The number of hydrogen-bond donors (Lipinski definition) is 3. The van der Waals surface area contributed by atoms with Crippen LogP contribution in [0, 0.1) is 5.92 Å². The molecule has 9 heteroatoms. The summed E-state index contributed by atoms with van der Waals surface area (Å²) in [5, 5.41) is 9.25. The third-order valence-corrected chi connectivity index (χ3v) is 3.40. The first-order valence-corrected chi connectivity index (χ1v) is 9.70. The van der Waals surface area contributed by atoms with E-state index in [9.17, 15) is 4.79 Å². The van der Waals surface area contributed by atoms with E-state index in [0.717, 1.165) is 31.3 Å². The Balaban J connectivity index is 0.00000729. The standard InChI is InChI=1S/C19H36N6O2.HI/c1-7-20-17(22-9-8-10-23-18(26)27-19(4,5)6)24-13-16-21-11-12-25(16)14-15(2)3;/h11-12,15H,7-10,13-14H2,1-6H3,(H,23,26)(H2,20,22,24);1H. The van der Waals surface area contributed by atoms with E-state index in [-0.39, 0.29) is 30.1 Å². The SMILES string of the molecule is CCNC(=NCc1nccn1CC(C)C)NCCCNC(=O)OC(C)(C)C.I. The molecular weight excluding hydrogens is 471 g/mol. The molecule has 0 bridgehead atoms. The van der Waals surface area contributed by atoms with Crippen molar-refractivity contribution in [1.82, 2.24) is 25.5 Å². The van der Waals surface area contributed by atoms with Crippen LogP contribution >= 0.6 is 24.0 Å². The molecule has 0 saturated carbocycles. The van der Waals surface area contributed by atoms with Gasteiger partial charge in [-0.15, -0.1) is 24.0 Å². The molecule has 0 fully saturated rings. The molecule has 0 radical (unpaired) electrons. The molecule has 0 aromatic carbocycles. The Morgan fingerprint density at radius 1 is 1.25 bits per heavy atom. The van der Waals surface area contributed by atoms with Crippen LogP contribution in [0.3, 0.4) is 0 Å². The quantitative estimate of drug-likeness (QED) is 0.206. The van der Waals surface area contributed by atoms with Gasteiger partial charge in [-0.05, 0) is 40.0 Å². The van der Waals surface area contributed by atoms with Crippen molar-refractivity contribution in [2.45, 2.75) is 66.7 Å². The Morgan fingerprint density at radius 3 is 2.54 bits per heavy atom. The van der Waals surface area contributed by atoms with Crippen molar-refractivity contribution in [3.63, 3.8) is 0 Å². The van der Waals surface area contributed by atoms with Crippen molar-refractivity contribution in [2.24, 2.45) is 10.9 Å². The van der Waals surface area contributed by atoms with Gasteiger partial charge in [0.1, 0.15) is 18.0 Å². The van der Waals surface area contributed by atoms with Gasteiger partial charge >= 0.3 is 6.09 Å². The van der Waals surface area contributed by atoms with Gasteiger partial charge in [-0.1, -0.05) is 13.8 Å². The minimum atomic E-state index is -0.478. The average Bonchev–Trinajstić information content (AvgIpc) is 2.96. The monoisotopic (exact) mass is 508 g/mol. The van der Waals surface area contributed by atoms with Crippen LogP contribution in [0.4, 0.5) is 4.79 Å². The topological polar surface area (TPSA) is 92.6 Å². The summed E-state index contributed by atoms with van der Waals surface area (Å²) in [7, 11) is 0. The number of ether oxygens (including phenoxy) is 1. The van der Waals surface area contributed by atoms with Gasteiger partial charge in [0.15, 0.2) is 5.96 Å². The lowest BCUT2D eigenvalue weighted by atomic mass is 10.2. The van der Waals surface area contributed by atoms with Gasteiger partial charge < -0.3 is 25.3 Å². The minimum absolute atomic E-state index is 0. The second kappa shape index (κ2) is 13.6. The summed E-state index contributed by atoms with van der Waals surface area (Å²) < 4.78 is 7.35. The Kier molecular flexibility index (Phi) is 12.9. The van der Waals surface area contributed by atoms with E-state index in [2.05, 4.69) is 44.3 Å². The van der Waals surface area contributed by atoms with Gasteiger partial charge in [-0.25, -0.2) is 14.8 Å². The number of aromatic nitrogens is 2. The largest absolute Gasteiger partial charge is 0.444 e. The number of nitrogens with zero attached hydrogens (tertiary/aromatic N) is 3. The van der Waals surface area contributed by atoms with Gasteiger partial charge in [0.05, 0.1) is 0 Å². The minimum Gasteiger partial charge on any atom is -0.444 e. The summed E-state index contributed by atoms with van der Waals surface area (Å²) >= 11 is 0. The van der Waals surface area contributed by atoms with Crippen LogP contribution in [-0.4, -0.2) is 46.8 Å². The van der Waals surface area contributed by atoms with Gasteiger partial charge in [-0.3, -0.25) is 0 Å². The molecule has 0 spiro atoms. The molecule has 0 aliphatic rings. The molecule has 0 aliphatic heterocycles. The number of hydrogen-bond acceptors (Lipinski definition) is 4. The molecule has 162 valence electrons. The lowest BCUT2D eigenvalue weighted by molar-refractivity contribution is 0.0527. The van der Waals surface area contributed by atoms with Crippen LogP contribution in [-0.2, 0) is 17.8 Å². The molecule has 0 atom stereocenters. The molecule has 1 rings (SSSR count). The number of aliphatic imine (C=N–C) groups is 1. The lowest BCUT2D eigenvalue weighted by Crippen LogP contribution is -2.39. The number of rotatable bonds is 9. The van der Waals surface area contributed by atoms with Crippen molar-refractivity contribution in [1.29, 1.82) is 0 Å². The van der Waals surface area contributed by atoms with Crippen molar-refractivity contribution in [3.05, 3.63) is 18.2 Å². The Morgan fingerprint density at radius 2 is 1.93 bits per heavy atom. The van der Waals surface area contributed by atoms with Crippen molar-refractivity contribution in [3.8, 4) is 0 Å². The van der Waals surface area contributed by atoms with Crippen LogP contribution in [0.5, 0.6) is 0 Å². The summed E-state index contributed by atoms with van der Waals surface area (Å²) in [6.07, 6.45) is 4.19. The number of carbonyl (C=O) groups is 1. The fourth-order valence-electron chi connectivity index (χ4n) is 2.34. The van der Waals surface area contributed by atoms with Gasteiger partial charge in [0, 0.05) is 38.6 Å². The number of amides is 1. The highest BCUT2D eigenvalue weighted by molar-refractivity contribution is 14.0. The van der Waals surface area contributed by atoms with Crippen LogP contribution in [0.25, 0.3) is 0 Å². The molecule has 3 N–H and O–H groups in total. The van der Waals surface area contributed by atoms with Crippen LogP contribution in [0.2, 0.25) is 0 Å². The van der Waals surface area contributed by atoms with Crippen molar-refractivity contribution >= 4 is 36.0 Å². The summed E-state index contributed by atoms with van der Waals surface area (Å²) in [5.74, 6) is 2.26. The van der Waals surface area contributed by atoms with Crippen LogP contribution < -0.4 is 16.0 Å². The molecule has 0 saturated heterocycles. The van der Waals surface area contributed by atoms with Gasteiger partial charge in [0.25, 0.3) is 0 Å². The maximum Gasteiger partial charge on any atom is 0.407 e. The molecule has 1 amide bonds. The first-order valence-electron chi connectivity index (χ1n) is 9.70. The van der Waals surface area contributed by atoms with Crippen LogP contribution in [0.1, 0.15) is 53.8 Å². The molecule has 1 aromatic heterocycles. The first-order chi connectivity index (χ1) is 12.7. The second-order valence-corrected chi connectivity index (χ2v) is 7.79. The average molecular weight is 508 g/mol. The molecule has 28 heavy (non-hydrogen) atoms. The van der Waals surface area contributed by atoms with E-state index in [1.807, 2.05) is 40.1 Å². The highest BCUT2D eigenvalue weighted by Gasteiger charge is 2.15. The molecular formula is C19H37IN6O2. The van der Waals surface area contributed by atoms with E-state index in [1.54, 1.807) is 0 Å². The van der Waals surface area contributed by atoms with E-state index in [4.69, 9.17) is 4.74 Å². The summed E-state index contributed by atoms with van der Waals surface area (Å²) in [6.45, 7) is 15.4. The lowest BCUT2D eigenvalue weighted by Gasteiger charge is -2.19.